The Hall–Kier alpha value is -1.53. The quantitative estimate of drug-likeness (QED) is 0.524. The molecule has 2 unspecified atom stereocenters. The molecule has 0 aliphatic carbocycles. The Labute approximate surface area is 181 Å². The maximum absolute atomic E-state index is 6.32. The Bertz CT molecular complexity index is 664. The van der Waals surface area contributed by atoms with Crippen molar-refractivity contribution in [2.24, 2.45) is 16.8 Å². The lowest BCUT2D eigenvalue weighted by molar-refractivity contribution is 0.162. The minimum atomic E-state index is 0.356. The first-order valence-corrected chi connectivity index (χ1v) is 11.6. The number of nitrogens with one attached hydrogen (secondary N) is 2. The molecule has 29 heavy (non-hydrogen) atoms. The lowest BCUT2D eigenvalue weighted by Gasteiger charge is -2.33. The topological polar surface area (TPSA) is 55.8 Å². The standard InChI is InChI=1S/C22H37ClN6/c1-4-24-22(26-13-18-7-6-11-28(15-18)14-17(2)3)27-19-9-12-29(16-19)21-20(23)8-5-10-25-21/h5,8,10,17-19H,4,6-7,9,11-16H2,1-3H3,(H2,24,26,27). The van der Waals surface area contributed by atoms with E-state index in [0.29, 0.717) is 12.0 Å². The average Bonchev–Trinajstić information content (AvgIpc) is 3.15. The summed E-state index contributed by atoms with van der Waals surface area (Å²) in [6.07, 6.45) is 5.44. The van der Waals surface area contributed by atoms with Crippen LogP contribution in [0.3, 0.4) is 0 Å². The van der Waals surface area contributed by atoms with Gasteiger partial charge in [0.1, 0.15) is 5.82 Å². The molecule has 1 aromatic heterocycles. The molecule has 0 radical (unpaired) electrons. The van der Waals surface area contributed by atoms with Gasteiger partial charge in [-0.3, -0.25) is 4.99 Å². The van der Waals surface area contributed by atoms with Gasteiger partial charge in [0.05, 0.1) is 5.02 Å². The molecule has 162 valence electrons. The second-order valence-electron chi connectivity index (χ2n) is 8.77. The molecular formula is C22H37ClN6. The normalized spacial score (nSPS) is 23.6. The number of nitrogens with zero attached hydrogens (tertiary/aromatic N) is 4. The van der Waals surface area contributed by atoms with Crippen LogP contribution < -0.4 is 15.5 Å². The second kappa shape index (κ2) is 11.0. The van der Waals surface area contributed by atoms with Crippen LogP contribution in [0.2, 0.25) is 5.02 Å². The molecule has 0 aromatic carbocycles. The predicted octanol–water partition coefficient (Wildman–Crippen LogP) is 3.24. The van der Waals surface area contributed by atoms with E-state index in [1.54, 1.807) is 6.20 Å². The summed E-state index contributed by atoms with van der Waals surface area (Å²) < 4.78 is 0. The summed E-state index contributed by atoms with van der Waals surface area (Å²) in [6.45, 7) is 14.0. The van der Waals surface area contributed by atoms with Crippen LogP contribution >= 0.6 is 11.6 Å². The minimum absolute atomic E-state index is 0.356. The van der Waals surface area contributed by atoms with Crippen LogP contribution in [-0.2, 0) is 0 Å². The number of guanidine groups is 1. The number of halogens is 1. The summed E-state index contributed by atoms with van der Waals surface area (Å²) in [5, 5.41) is 7.77. The van der Waals surface area contributed by atoms with E-state index >= 15 is 0 Å². The molecule has 0 saturated carbocycles. The summed E-state index contributed by atoms with van der Waals surface area (Å²) in [6, 6.07) is 4.14. The number of aromatic nitrogens is 1. The zero-order chi connectivity index (χ0) is 20.6. The van der Waals surface area contributed by atoms with Gasteiger partial charge >= 0.3 is 0 Å². The fourth-order valence-corrected chi connectivity index (χ4v) is 4.64. The third-order valence-electron chi connectivity index (χ3n) is 5.65. The van der Waals surface area contributed by atoms with Gasteiger partial charge < -0.3 is 20.4 Å². The van der Waals surface area contributed by atoms with Gasteiger partial charge in [-0.15, -0.1) is 0 Å². The second-order valence-corrected chi connectivity index (χ2v) is 9.17. The van der Waals surface area contributed by atoms with Crippen molar-refractivity contribution in [1.82, 2.24) is 20.5 Å². The van der Waals surface area contributed by atoms with Crippen molar-refractivity contribution in [3.63, 3.8) is 0 Å². The summed E-state index contributed by atoms with van der Waals surface area (Å²) in [4.78, 5) is 14.3. The summed E-state index contributed by atoms with van der Waals surface area (Å²) in [5.74, 6) is 3.21. The van der Waals surface area contributed by atoms with Gasteiger partial charge in [-0.2, -0.15) is 0 Å². The van der Waals surface area contributed by atoms with Crippen molar-refractivity contribution in [3.05, 3.63) is 23.4 Å². The van der Waals surface area contributed by atoms with Gasteiger partial charge in [-0.1, -0.05) is 25.4 Å². The van der Waals surface area contributed by atoms with Gasteiger partial charge in [-0.25, -0.2) is 4.98 Å². The van der Waals surface area contributed by atoms with Crippen LogP contribution in [0.5, 0.6) is 0 Å². The average molecular weight is 421 g/mol. The maximum atomic E-state index is 6.32. The van der Waals surface area contributed by atoms with E-state index in [0.717, 1.165) is 55.3 Å². The molecule has 3 rings (SSSR count). The summed E-state index contributed by atoms with van der Waals surface area (Å²) in [5.41, 5.74) is 0. The minimum Gasteiger partial charge on any atom is -0.357 e. The largest absolute Gasteiger partial charge is 0.357 e. The molecule has 2 atom stereocenters. The third kappa shape index (κ3) is 6.75. The fourth-order valence-electron chi connectivity index (χ4n) is 4.40. The number of hydrogen-bond donors (Lipinski definition) is 2. The zero-order valence-corrected chi connectivity index (χ0v) is 19.0. The van der Waals surface area contributed by atoms with Gasteiger partial charge in [0.25, 0.3) is 0 Å². The highest BCUT2D eigenvalue weighted by Crippen LogP contribution is 2.25. The Morgan fingerprint density at radius 3 is 2.93 bits per heavy atom. The van der Waals surface area contributed by atoms with Crippen molar-refractivity contribution in [1.29, 1.82) is 0 Å². The molecule has 2 aliphatic heterocycles. The molecule has 0 spiro atoms. The molecule has 2 aliphatic rings. The predicted molar refractivity (Wildman–Crippen MR) is 123 cm³/mol. The van der Waals surface area contributed by atoms with E-state index in [2.05, 4.69) is 46.2 Å². The molecule has 2 N–H and O–H groups in total. The highest BCUT2D eigenvalue weighted by Gasteiger charge is 2.26. The van der Waals surface area contributed by atoms with Gasteiger partial charge in [0, 0.05) is 51.5 Å². The van der Waals surface area contributed by atoms with E-state index in [1.807, 2.05) is 12.1 Å². The Kier molecular flexibility index (Phi) is 8.42. The van der Waals surface area contributed by atoms with Crippen LogP contribution in [0, 0.1) is 11.8 Å². The molecule has 2 fully saturated rings. The van der Waals surface area contributed by atoms with Gasteiger partial charge in [-0.05, 0) is 56.7 Å². The van der Waals surface area contributed by atoms with Crippen LogP contribution in [0.4, 0.5) is 5.82 Å². The molecule has 0 amide bonds. The highest BCUT2D eigenvalue weighted by atomic mass is 35.5. The molecule has 2 saturated heterocycles. The number of hydrogen-bond acceptors (Lipinski definition) is 4. The lowest BCUT2D eigenvalue weighted by atomic mass is 9.97. The number of pyridine rings is 1. The van der Waals surface area contributed by atoms with Crippen molar-refractivity contribution in [2.75, 3.05) is 50.7 Å². The van der Waals surface area contributed by atoms with Crippen LogP contribution in [0.1, 0.15) is 40.0 Å². The van der Waals surface area contributed by atoms with Gasteiger partial charge in [0.15, 0.2) is 5.96 Å². The molecule has 0 bridgehead atoms. The maximum Gasteiger partial charge on any atom is 0.191 e. The first kappa shape index (κ1) is 22.2. The van der Waals surface area contributed by atoms with E-state index in [1.165, 1.54) is 32.5 Å². The Balaban J connectivity index is 1.52. The zero-order valence-electron chi connectivity index (χ0n) is 18.2. The molecule has 7 heteroatoms. The number of rotatable bonds is 7. The molecular weight excluding hydrogens is 384 g/mol. The number of aliphatic imine (C=N–C) groups is 1. The van der Waals surface area contributed by atoms with Crippen molar-refractivity contribution in [3.8, 4) is 0 Å². The van der Waals surface area contributed by atoms with E-state index in [9.17, 15) is 0 Å². The van der Waals surface area contributed by atoms with Crippen molar-refractivity contribution in [2.45, 2.75) is 46.1 Å². The first-order chi connectivity index (χ1) is 14.0. The molecule has 6 nitrogen and oxygen atoms in total. The Morgan fingerprint density at radius 1 is 1.31 bits per heavy atom. The van der Waals surface area contributed by atoms with E-state index in [4.69, 9.17) is 16.6 Å². The number of piperidine rings is 1. The lowest BCUT2D eigenvalue weighted by Crippen LogP contribution is -2.45. The summed E-state index contributed by atoms with van der Waals surface area (Å²) in [7, 11) is 0. The Morgan fingerprint density at radius 2 is 2.17 bits per heavy atom. The van der Waals surface area contributed by atoms with Crippen LogP contribution in [0.15, 0.2) is 23.3 Å². The van der Waals surface area contributed by atoms with Crippen LogP contribution in [-0.4, -0.2) is 67.7 Å². The van der Waals surface area contributed by atoms with E-state index in [-0.39, 0.29) is 0 Å². The SMILES string of the molecule is CCNC(=NCC1CCCN(CC(C)C)C1)NC1CCN(c2ncccc2Cl)C1. The smallest absolute Gasteiger partial charge is 0.191 e. The summed E-state index contributed by atoms with van der Waals surface area (Å²) >= 11 is 6.32. The first-order valence-electron chi connectivity index (χ1n) is 11.2. The van der Waals surface area contributed by atoms with E-state index < -0.39 is 0 Å². The van der Waals surface area contributed by atoms with Crippen molar-refractivity contribution >= 4 is 23.4 Å². The van der Waals surface area contributed by atoms with Gasteiger partial charge in [0.2, 0.25) is 0 Å². The van der Waals surface area contributed by atoms with Crippen LogP contribution in [0.25, 0.3) is 0 Å². The number of likely N-dealkylation sites (tertiary alicyclic amines) is 1. The molecule has 1 aromatic rings. The highest BCUT2D eigenvalue weighted by molar-refractivity contribution is 6.32. The van der Waals surface area contributed by atoms with Crippen molar-refractivity contribution < 1.29 is 0 Å². The monoisotopic (exact) mass is 420 g/mol. The molecule has 3 heterocycles. The third-order valence-corrected chi connectivity index (χ3v) is 5.94. The fraction of sp³-hybridized carbons (Fsp3) is 0.727. The number of anilines is 1.